The van der Waals surface area contributed by atoms with Crippen LogP contribution in [0.3, 0.4) is 0 Å². The summed E-state index contributed by atoms with van der Waals surface area (Å²) in [4.78, 5) is 31.0. The van der Waals surface area contributed by atoms with Gasteiger partial charge in [0.1, 0.15) is 22.7 Å². The lowest BCUT2D eigenvalue weighted by atomic mass is 9.85. The van der Waals surface area contributed by atoms with Crippen molar-refractivity contribution in [2.75, 3.05) is 6.54 Å². The van der Waals surface area contributed by atoms with Crippen LogP contribution in [0.15, 0.2) is 38.9 Å². The Kier molecular flexibility index (Phi) is 7.43. The minimum atomic E-state index is -1.10. The van der Waals surface area contributed by atoms with Gasteiger partial charge in [0.2, 0.25) is 5.58 Å². The minimum Gasteiger partial charge on any atom is -0.465 e. The van der Waals surface area contributed by atoms with Crippen LogP contribution in [0.4, 0.5) is 9.18 Å². The number of carbonyl (C=O) groups is 1. The fraction of sp³-hybridized carbons (Fsp3) is 0.444. The molecule has 3 heterocycles. The molecule has 0 aliphatic heterocycles. The number of furan rings is 1. The fourth-order valence-electron chi connectivity index (χ4n) is 4.42. The highest BCUT2D eigenvalue weighted by Gasteiger charge is 2.32. The maximum atomic E-state index is 14.1. The molecule has 0 saturated heterocycles. The van der Waals surface area contributed by atoms with Crippen LogP contribution in [-0.2, 0) is 6.54 Å². The SMILES string of the molecule is Cc1csc(Cn2c(C(N[C@H](CNC(=O)O)C(C)(C)C)C(C)C)nc3c(oc4ccc(F)cc43)c2=O)c1. The fourth-order valence-corrected chi connectivity index (χ4v) is 5.28. The third kappa shape index (κ3) is 5.70. The smallest absolute Gasteiger partial charge is 0.404 e. The van der Waals surface area contributed by atoms with Gasteiger partial charge in [-0.15, -0.1) is 11.3 Å². The Bertz CT molecular complexity index is 1500. The first-order chi connectivity index (χ1) is 17.3. The van der Waals surface area contributed by atoms with Gasteiger partial charge in [0.05, 0.1) is 12.6 Å². The van der Waals surface area contributed by atoms with Crippen molar-refractivity contribution >= 4 is 39.5 Å². The molecule has 0 saturated carbocycles. The summed E-state index contributed by atoms with van der Waals surface area (Å²) in [6, 6.07) is 5.49. The van der Waals surface area contributed by atoms with Gasteiger partial charge in [-0.1, -0.05) is 34.6 Å². The Hall–Kier alpha value is -3.24. The molecule has 1 unspecified atom stereocenters. The summed E-state index contributed by atoms with van der Waals surface area (Å²) in [6.45, 7) is 12.6. The zero-order valence-electron chi connectivity index (χ0n) is 21.9. The van der Waals surface area contributed by atoms with Crippen molar-refractivity contribution in [3.8, 4) is 0 Å². The average molecular weight is 529 g/mol. The molecule has 8 nitrogen and oxygen atoms in total. The summed E-state index contributed by atoms with van der Waals surface area (Å²) >= 11 is 1.56. The first kappa shape index (κ1) is 26.8. The predicted molar refractivity (Wildman–Crippen MR) is 144 cm³/mol. The monoisotopic (exact) mass is 528 g/mol. The van der Waals surface area contributed by atoms with Crippen LogP contribution in [-0.4, -0.2) is 33.3 Å². The highest BCUT2D eigenvalue weighted by atomic mass is 32.1. The Morgan fingerprint density at radius 2 is 2.00 bits per heavy atom. The summed E-state index contributed by atoms with van der Waals surface area (Å²) in [5, 5.41) is 17.8. The van der Waals surface area contributed by atoms with Crippen LogP contribution < -0.4 is 16.2 Å². The molecule has 4 rings (SSSR count). The largest absolute Gasteiger partial charge is 0.465 e. The van der Waals surface area contributed by atoms with Gasteiger partial charge in [-0.25, -0.2) is 14.2 Å². The van der Waals surface area contributed by atoms with E-state index in [1.165, 1.54) is 18.2 Å². The number of thiophene rings is 1. The molecule has 37 heavy (non-hydrogen) atoms. The van der Waals surface area contributed by atoms with Crippen molar-refractivity contribution < 1.29 is 18.7 Å². The van der Waals surface area contributed by atoms with Crippen molar-refractivity contribution in [3.05, 3.63) is 62.1 Å². The summed E-state index contributed by atoms with van der Waals surface area (Å²) in [7, 11) is 0. The third-order valence-corrected chi connectivity index (χ3v) is 7.53. The highest BCUT2D eigenvalue weighted by Crippen LogP contribution is 2.31. The number of aryl methyl sites for hydroxylation is 1. The van der Waals surface area contributed by atoms with E-state index in [0.717, 1.165) is 10.4 Å². The lowest BCUT2D eigenvalue weighted by molar-refractivity contribution is 0.180. The summed E-state index contributed by atoms with van der Waals surface area (Å²) < 4.78 is 21.6. The van der Waals surface area contributed by atoms with Gasteiger partial charge in [-0.05, 0) is 53.5 Å². The lowest BCUT2D eigenvalue weighted by Gasteiger charge is -2.36. The second kappa shape index (κ2) is 10.3. The molecule has 0 fully saturated rings. The number of halogens is 1. The molecule has 3 N–H and O–H groups in total. The normalized spacial score (nSPS) is 13.9. The van der Waals surface area contributed by atoms with E-state index in [-0.39, 0.29) is 35.1 Å². The quantitative estimate of drug-likeness (QED) is 0.272. The Morgan fingerprint density at radius 3 is 2.59 bits per heavy atom. The van der Waals surface area contributed by atoms with E-state index in [0.29, 0.717) is 28.9 Å². The molecule has 198 valence electrons. The molecule has 0 aliphatic rings. The van der Waals surface area contributed by atoms with Gasteiger partial charge in [-0.2, -0.15) is 0 Å². The van der Waals surface area contributed by atoms with Gasteiger partial charge in [0.25, 0.3) is 5.56 Å². The van der Waals surface area contributed by atoms with Crippen molar-refractivity contribution in [1.29, 1.82) is 0 Å². The van der Waals surface area contributed by atoms with Crippen molar-refractivity contribution in [3.63, 3.8) is 0 Å². The van der Waals surface area contributed by atoms with E-state index in [9.17, 15) is 19.1 Å². The number of hydrogen-bond acceptors (Lipinski definition) is 6. The van der Waals surface area contributed by atoms with E-state index >= 15 is 0 Å². The van der Waals surface area contributed by atoms with E-state index in [1.54, 1.807) is 15.9 Å². The number of amides is 1. The van der Waals surface area contributed by atoms with Gasteiger partial charge in [0.15, 0.2) is 0 Å². The first-order valence-corrected chi connectivity index (χ1v) is 13.1. The maximum Gasteiger partial charge on any atom is 0.404 e. The van der Waals surface area contributed by atoms with Crippen LogP contribution in [0.2, 0.25) is 0 Å². The molecule has 4 aromatic rings. The molecule has 1 aromatic carbocycles. The lowest BCUT2D eigenvalue weighted by Crippen LogP contribution is -2.51. The standard InChI is InChI=1S/C27H33FN4O4S/c1-14(2)21(30-20(27(4,5)6)11-29-26(34)35)24-31-22-18-10-16(28)7-8-19(18)36-23(22)25(33)32(24)12-17-9-15(3)13-37-17/h7-10,13-14,20-21,29-30H,11-12H2,1-6H3,(H,34,35)/t20-,21?/m1/s1. The number of fused-ring (bicyclic) bond motifs is 3. The number of benzene rings is 1. The van der Waals surface area contributed by atoms with Crippen LogP contribution in [0.25, 0.3) is 22.1 Å². The zero-order chi connectivity index (χ0) is 27.1. The molecular weight excluding hydrogens is 495 g/mol. The third-order valence-electron chi connectivity index (χ3n) is 6.49. The number of aromatic nitrogens is 2. The number of carboxylic acid groups (broad SMARTS) is 1. The second-order valence-electron chi connectivity index (χ2n) is 10.9. The molecule has 0 aliphatic carbocycles. The van der Waals surface area contributed by atoms with Gasteiger partial charge < -0.3 is 20.2 Å². The van der Waals surface area contributed by atoms with E-state index in [4.69, 9.17) is 9.40 Å². The van der Waals surface area contributed by atoms with Crippen molar-refractivity contribution in [2.45, 2.75) is 60.2 Å². The Morgan fingerprint density at radius 1 is 1.27 bits per heavy atom. The topological polar surface area (TPSA) is 109 Å². The molecule has 1 amide bonds. The molecular formula is C27H33FN4O4S. The maximum absolute atomic E-state index is 14.1. The number of nitrogens with zero attached hydrogens (tertiary/aromatic N) is 2. The average Bonchev–Trinajstić information content (AvgIpc) is 3.37. The van der Waals surface area contributed by atoms with Crippen LogP contribution in [0, 0.1) is 24.1 Å². The second-order valence-corrected chi connectivity index (χ2v) is 11.9. The predicted octanol–water partition coefficient (Wildman–Crippen LogP) is 5.67. The van der Waals surface area contributed by atoms with E-state index in [1.807, 2.05) is 53.0 Å². The molecule has 3 aromatic heterocycles. The van der Waals surface area contributed by atoms with Gasteiger partial charge in [-0.3, -0.25) is 9.36 Å². The van der Waals surface area contributed by atoms with Crippen LogP contribution >= 0.6 is 11.3 Å². The van der Waals surface area contributed by atoms with E-state index < -0.39 is 18.0 Å². The number of hydrogen-bond donors (Lipinski definition) is 3. The molecule has 2 atom stereocenters. The summed E-state index contributed by atoms with van der Waals surface area (Å²) in [5.74, 6) is 0.0446. The molecule has 0 bridgehead atoms. The molecule has 10 heteroatoms. The first-order valence-electron chi connectivity index (χ1n) is 12.2. The number of nitrogens with one attached hydrogen (secondary N) is 2. The number of rotatable bonds is 8. The van der Waals surface area contributed by atoms with Gasteiger partial charge in [0, 0.05) is 22.8 Å². The Labute approximate surface area is 218 Å². The van der Waals surface area contributed by atoms with Crippen molar-refractivity contribution in [1.82, 2.24) is 20.2 Å². The molecule has 0 radical (unpaired) electrons. The van der Waals surface area contributed by atoms with Gasteiger partial charge >= 0.3 is 6.09 Å². The van der Waals surface area contributed by atoms with Crippen LogP contribution in [0.1, 0.15) is 56.9 Å². The van der Waals surface area contributed by atoms with E-state index in [2.05, 4.69) is 10.6 Å². The van der Waals surface area contributed by atoms with Crippen LogP contribution in [0.5, 0.6) is 0 Å². The molecule has 0 spiro atoms. The van der Waals surface area contributed by atoms with Crippen molar-refractivity contribution in [2.24, 2.45) is 11.3 Å². The zero-order valence-corrected chi connectivity index (χ0v) is 22.7. The highest BCUT2D eigenvalue weighted by molar-refractivity contribution is 7.10. The minimum absolute atomic E-state index is 0.00903. The summed E-state index contributed by atoms with van der Waals surface area (Å²) in [6.07, 6.45) is -1.10. The summed E-state index contributed by atoms with van der Waals surface area (Å²) in [5.41, 5.74) is 1.25. The Balaban J connectivity index is 1.92.